The van der Waals surface area contributed by atoms with Crippen molar-refractivity contribution in [3.8, 4) is 22.5 Å². The van der Waals surface area contributed by atoms with Crippen LogP contribution in [0.3, 0.4) is 0 Å². The van der Waals surface area contributed by atoms with E-state index in [0.29, 0.717) is 11.2 Å². The zero-order valence-corrected chi connectivity index (χ0v) is 15.7. The van der Waals surface area contributed by atoms with Gasteiger partial charge in [-0.3, -0.25) is 9.89 Å². The molecule has 0 bridgehead atoms. The number of aromatic amines is 1. The topological polar surface area (TPSA) is 119 Å². The molecule has 7 nitrogen and oxygen atoms in total. The van der Waals surface area contributed by atoms with E-state index in [1.54, 1.807) is 18.2 Å². The van der Waals surface area contributed by atoms with Crippen molar-refractivity contribution < 1.29 is 14.4 Å². The second kappa shape index (κ2) is 8.73. The van der Waals surface area contributed by atoms with E-state index in [1.807, 2.05) is 18.2 Å². The van der Waals surface area contributed by atoms with E-state index in [0.717, 1.165) is 34.3 Å². The molecule has 0 saturated carbocycles. The van der Waals surface area contributed by atoms with Gasteiger partial charge < -0.3 is 5.73 Å². The van der Waals surface area contributed by atoms with Crippen molar-refractivity contribution >= 4 is 23.1 Å². The number of hydrogen-bond donors (Lipinski definition) is 2. The summed E-state index contributed by atoms with van der Waals surface area (Å²) >= 11 is 0. The molecule has 2 heterocycles. The van der Waals surface area contributed by atoms with Crippen LogP contribution in [0, 0.1) is 0 Å². The maximum Gasteiger partial charge on any atom is 0.373 e. The second-order valence-corrected chi connectivity index (χ2v) is 6.25. The number of benzene rings is 2. The lowest BCUT2D eigenvalue weighted by molar-refractivity contribution is -0.191. The number of rotatable bonds is 4. The Morgan fingerprint density at radius 3 is 2.41 bits per heavy atom. The number of pyridine rings is 1. The van der Waals surface area contributed by atoms with E-state index in [4.69, 9.17) is 15.3 Å². The number of carbonyl (C=O) groups excluding carboxylic acids is 3. The zero-order valence-electron chi connectivity index (χ0n) is 15.7. The number of hydrogen-bond acceptors (Lipinski definition) is 5. The molecule has 0 spiro atoms. The summed E-state index contributed by atoms with van der Waals surface area (Å²) in [6.07, 6.45) is 1.26. The highest BCUT2D eigenvalue weighted by Gasteiger charge is 2.11. The van der Waals surface area contributed by atoms with Gasteiger partial charge in [-0.05, 0) is 36.2 Å². The SMILES string of the molecule is CCc1ccc(-c2[nH]nc3nc(-c4cccc(C(N)=O)c4)ccc23)cc1.O=C=O. The van der Waals surface area contributed by atoms with E-state index in [2.05, 4.69) is 46.4 Å². The number of amides is 1. The fourth-order valence-electron chi connectivity index (χ4n) is 3.02. The van der Waals surface area contributed by atoms with Crippen LogP contribution < -0.4 is 5.73 Å². The smallest absolute Gasteiger partial charge is 0.366 e. The number of aryl methyl sites for hydroxylation is 1. The highest BCUT2D eigenvalue weighted by molar-refractivity contribution is 5.95. The van der Waals surface area contributed by atoms with Gasteiger partial charge in [0.1, 0.15) is 0 Å². The molecule has 0 aliphatic rings. The van der Waals surface area contributed by atoms with Gasteiger partial charge >= 0.3 is 6.15 Å². The van der Waals surface area contributed by atoms with Crippen molar-refractivity contribution in [2.24, 2.45) is 5.73 Å². The van der Waals surface area contributed by atoms with Crippen LogP contribution in [0.15, 0.2) is 60.7 Å². The van der Waals surface area contributed by atoms with Crippen LogP contribution in [-0.4, -0.2) is 27.2 Å². The Morgan fingerprint density at radius 2 is 1.76 bits per heavy atom. The first-order valence-electron chi connectivity index (χ1n) is 8.91. The summed E-state index contributed by atoms with van der Waals surface area (Å²) < 4.78 is 0. The van der Waals surface area contributed by atoms with Gasteiger partial charge in [0.15, 0.2) is 5.65 Å². The normalized spacial score (nSPS) is 10.1. The fraction of sp³-hybridized carbons (Fsp3) is 0.0909. The number of nitrogens with one attached hydrogen (secondary N) is 1. The van der Waals surface area contributed by atoms with Crippen molar-refractivity contribution in [1.29, 1.82) is 0 Å². The average molecular weight is 386 g/mol. The van der Waals surface area contributed by atoms with Gasteiger partial charge in [-0.15, -0.1) is 0 Å². The highest BCUT2D eigenvalue weighted by Crippen LogP contribution is 2.28. The molecule has 4 rings (SSSR count). The molecular weight excluding hydrogens is 368 g/mol. The highest BCUT2D eigenvalue weighted by atomic mass is 16.2. The van der Waals surface area contributed by atoms with Crippen LogP contribution in [0.4, 0.5) is 0 Å². The second-order valence-electron chi connectivity index (χ2n) is 6.25. The predicted octanol–water partition coefficient (Wildman–Crippen LogP) is 3.37. The number of nitrogens with zero attached hydrogens (tertiary/aromatic N) is 2. The molecule has 0 aliphatic heterocycles. The van der Waals surface area contributed by atoms with Crippen LogP contribution in [-0.2, 0) is 16.0 Å². The number of fused-ring (bicyclic) bond motifs is 1. The Labute approximate surface area is 166 Å². The Hall–Kier alpha value is -4.09. The van der Waals surface area contributed by atoms with Crippen molar-refractivity contribution in [3.05, 3.63) is 71.8 Å². The van der Waals surface area contributed by atoms with Gasteiger partial charge in [-0.2, -0.15) is 14.7 Å². The van der Waals surface area contributed by atoms with E-state index in [-0.39, 0.29) is 6.15 Å². The largest absolute Gasteiger partial charge is 0.373 e. The van der Waals surface area contributed by atoms with E-state index >= 15 is 0 Å². The summed E-state index contributed by atoms with van der Waals surface area (Å²) in [6.45, 7) is 2.14. The maximum atomic E-state index is 11.4. The van der Waals surface area contributed by atoms with E-state index in [9.17, 15) is 4.79 Å². The minimum atomic E-state index is -0.453. The van der Waals surface area contributed by atoms with Crippen molar-refractivity contribution in [1.82, 2.24) is 15.2 Å². The summed E-state index contributed by atoms with van der Waals surface area (Å²) in [5.41, 5.74) is 11.4. The molecule has 0 atom stereocenters. The first kappa shape index (κ1) is 19.7. The molecule has 4 aromatic rings. The van der Waals surface area contributed by atoms with Crippen LogP contribution in [0.5, 0.6) is 0 Å². The lowest BCUT2D eigenvalue weighted by Gasteiger charge is -2.04. The van der Waals surface area contributed by atoms with Crippen LogP contribution in [0.2, 0.25) is 0 Å². The Balaban J connectivity index is 0.000000755. The molecule has 0 unspecified atom stereocenters. The van der Waals surface area contributed by atoms with Gasteiger partial charge in [0.25, 0.3) is 0 Å². The first-order valence-corrected chi connectivity index (χ1v) is 8.91. The van der Waals surface area contributed by atoms with Crippen LogP contribution in [0.25, 0.3) is 33.5 Å². The van der Waals surface area contributed by atoms with Gasteiger partial charge in [0.2, 0.25) is 5.91 Å². The molecule has 1 amide bonds. The number of aromatic nitrogens is 3. The number of primary amides is 1. The Bertz CT molecular complexity index is 1190. The molecular formula is C22H18N4O3. The Morgan fingerprint density at radius 1 is 1.03 bits per heavy atom. The minimum absolute atomic E-state index is 0.250. The third-order valence-electron chi connectivity index (χ3n) is 4.51. The summed E-state index contributed by atoms with van der Waals surface area (Å²) in [6, 6.07) is 19.5. The van der Waals surface area contributed by atoms with Crippen molar-refractivity contribution in [2.45, 2.75) is 13.3 Å². The number of H-pyrrole nitrogens is 1. The van der Waals surface area contributed by atoms with Crippen molar-refractivity contribution in [3.63, 3.8) is 0 Å². The first-order chi connectivity index (χ1) is 14.1. The van der Waals surface area contributed by atoms with E-state index in [1.165, 1.54) is 5.56 Å². The monoisotopic (exact) mass is 386 g/mol. The lowest BCUT2D eigenvalue weighted by Crippen LogP contribution is -2.10. The zero-order chi connectivity index (χ0) is 20.8. The molecule has 0 saturated heterocycles. The number of carbonyl (C=O) groups is 1. The molecule has 0 fully saturated rings. The summed E-state index contributed by atoms with van der Waals surface area (Å²) in [5.74, 6) is -0.453. The third kappa shape index (κ3) is 4.26. The molecule has 144 valence electrons. The average Bonchev–Trinajstić information content (AvgIpc) is 3.17. The van der Waals surface area contributed by atoms with Gasteiger partial charge in [0, 0.05) is 22.1 Å². The molecule has 2 aromatic heterocycles. The lowest BCUT2D eigenvalue weighted by atomic mass is 10.0. The van der Waals surface area contributed by atoms with Crippen LogP contribution >= 0.6 is 0 Å². The molecule has 0 radical (unpaired) electrons. The molecule has 7 heteroatoms. The van der Waals surface area contributed by atoms with Gasteiger partial charge in [0.05, 0.1) is 11.4 Å². The summed E-state index contributed by atoms with van der Waals surface area (Å²) in [4.78, 5) is 32.3. The van der Waals surface area contributed by atoms with Crippen molar-refractivity contribution in [2.75, 3.05) is 0 Å². The predicted molar refractivity (Wildman–Crippen MR) is 108 cm³/mol. The standard InChI is InChI=1S/C21H18N4O.CO2/c1-2-13-6-8-14(9-7-13)19-17-10-11-18(23-21(17)25-24-19)15-4-3-5-16(12-15)20(22)26;2-1-3/h3-12H,2H2,1H3,(H2,22,26)(H,23,24,25);. The molecule has 0 aliphatic carbocycles. The third-order valence-corrected chi connectivity index (χ3v) is 4.51. The van der Waals surface area contributed by atoms with Gasteiger partial charge in [-0.1, -0.05) is 43.3 Å². The molecule has 3 N–H and O–H groups in total. The Kier molecular flexibility index (Phi) is 5.92. The molecule has 2 aromatic carbocycles. The molecule has 29 heavy (non-hydrogen) atoms. The van der Waals surface area contributed by atoms with Gasteiger partial charge in [-0.25, -0.2) is 4.98 Å². The minimum Gasteiger partial charge on any atom is -0.366 e. The van der Waals surface area contributed by atoms with Crippen LogP contribution in [0.1, 0.15) is 22.8 Å². The summed E-state index contributed by atoms with van der Waals surface area (Å²) in [5, 5.41) is 8.40. The maximum absolute atomic E-state index is 11.4. The quantitative estimate of drug-likeness (QED) is 0.557. The number of nitrogens with two attached hydrogens (primary N) is 1. The summed E-state index contributed by atoms with van der Waals surface area (Å²) in [7, 11) is 0. The van der Waals surface area contributed by atoms with E-state index < -0.39 is 5.91 Å². The fourth-order valence-corrected chi connectivity index (χ4v) is 3.02.